The van der Waals surface area contributed by atoms with Crippen LogP contribution in [0.5, 0.6) is 0 Å². The van der Waals surface area contributed by atoms with E-state index < -0.39 is 18.6 Å². The van der Waals surface area contributed by atoms with Gasteiger partial charge in [0.05, 0.1) is 12.0 Å². The number of nitrogens with two attached hydrogens (primary N) is 1. The second-order valence-electron chi connectivity index (χ2n) is 5.49. The highest BCUT2D eigenvalue weighted by molar-refractivity contribution is 4.92. The molecule has 2 rings (SSSR count). The molecular formula is C12H21F3N2O2. The summed E-state index contributed by atoms with van der Waals surface area (Å²) < 4.78 is 48.7. The molecule has 2 atom stereocenters. The average molecular weight is 282 g/mol. The van der Waals surface area contributed by atoms with Crippen molar-refractivity contribution < 1.29 is 22.6 Å². The molecule has 2 fully saturated rings. The molecule has 2 heterocycles. The molecule has 2 saturated heterocycles. The van der Waals surface area contributed by atoms with E-state index in [0.29, 0.717) is 32.7 Å². The lowest BCUT2D eigenvalue weighted by molar-refractivity contribution is -0.167. The van der Waals surface area contributed by atoms with Gasteiger partial charge in [-0.1, -0.05) is 0 Å². The first kappa shape index (κ1) is 15.0. The minimum Gasteiger partial charge on any atom is -0.381 e. The van der Waals surface area contributed by atoms with Gasteiger partial charge in [0, 0.05) is 25.9 Å². The minimum atomic E-state index is -4.20. The zero-order valence-electron chi connectivity index (χ0n) is 10.8. The van der Waals surface area contributed by atoms with Crippen LogP contribution in [0.1, 0.15) is 32.1 Å². The van der Waals surface area contributed by atoms with E-state index in [1.165, 1.54) is 0 Å². The normalized spacial score (nSPS) is 29.4. The summed E-state index contributed by atoms with van der Waals surface area (Å²) in [6, 6.07) is -0.733. The maximum absolute atomic E-state index is 12.5. The second-order valence-corrected chi connectivity index (χ2v) is 5.49. The van der Waals surface area contributed by atoms with Crippen molar-refractivity contribution >= 4 is 0 Å². The summed E-state index contributed by atoms with van der Waals surface area (Å²) in [5.41, 5.74) is 2.04. The molecule has 1 spiro atoms. The highest BCUT2D eigenvalue weighted by atomic mass is 19.4. The Balaban J connectivity index is 1.98. The van der Waals surface area contributed by atoms with Gasteiger partial charge in [0.15, 0.2) is 0 Å². The topological polar surface area (TPSA) is 56.5 Å². The van der Waals surface area contributed by atoms with Crippen LogP contribution in [0.15, 0.2) is 0 Å². The monoisotopic (exact) mass is 282 g/mol. The predicted molar refractivity (Wildman–Crippen MR) is 63.2 cm³/mol. The third-order valence-electron chi connectivity index (χ3n) is 4.17. The van der Waals surface area contributed by atoms with Gasteiger partial charge in [-0.25, -0.2) is 0 Å². The fourth-order valence-corrected chi connectivity index (χ4v) is 3.11. The number of hydrogen-bond donors (Lipinski definition) is 2. The predicted octanol–water partition coefficient (Wildman–Crippen LogP) is 1.75. The zero-order chi connectivity index (χ0) is 13.9. The van der Waals surface area contributed by atoms with Gasteiger partial charge >= 0.3 is 6.18 Å². The van der Waals surface area contributed by atoms with Crippen LogP contribution < -0.4 is 11.3 Å². The molecule has 112 valence electrons. The van der Waals surface area contributed by atoms with Crippen molar-refractivity contribution in [2.45, 2.75) is 49.9 Å². The summed E-state index contributed by atoms with van der Waals surface area (Å²) >= 11 is 0. The molecule has 2 aliphatic heterocycles. The zero-order valence-corrected chi connectivity index (χ0v) is 10.8. The third kappa shape index (κ3) is 4.05. The maximum atomic E-state index is 12.5. The summed E-state index contributed by atoms with van der Waals surface area (Å²) in [4.78, 5) is 0. The maximum Gasteiger partial charge on any atom is 0.390 e. The lowest BCUT2D eigenvalue weighted by atomic mass is 9.77. The molecule has 0 aromatic heterocycles. The first-order chi connectivity index (χ1) is 8.94. The highest BCUT2D eigenvalue weighted by Gasteiger charge is 2.43. The summed E-state index contributed by atoms with van der Waals surface area (Å²) in [5.74, 6) is 5.21. The van der Waals surface area contributed by atoms with E-state index in [1.54, 1.807) is 0 Å². The highest BCUT2D eigenvalue weighted by Crippen LogP contribution is 2.39. The van der Waals surface area contributed by atoms with E-state index in [4.69, 9.17) is 15.3 Å². The molecule has 0 radical (unpaired) electrons. The van der Waals surface area contributed by atoms with Crippen molar-refractivity contribution in [3.8, 4) is 0 Å². The lowest BCUT2D eigenvalue weighted by Crippen LogP contribution is -2.51. The van der Waals surface area contributed by atoms with Crippen LogP contribution in [0.25, 0.3) is 0 Å². The molecule has 2 aliphatic rings. The lowest BCUT2D eigenvalue weighted by Gasteiger charge is -2.45. The molecule has 7 heteroatoms. The van der Waals surface area contributed by atoms with Gasteiger partial charge in [0.2, 0.25) is 0 Å². The van der Waals surface area contributed by atoms with Crippen molar-refractivity contribution in [1.29, 1.82) is 0 Å². The van der Waals surface area contributed by atoms with Gasteiger partial charge in [-0.2, -0.15) is 13.2 Å². The molecule has 2 unspecified atom stereocenters. The average Bonchev–Trinajstić information content (AvgIpc) is 2.36. The molecule has 0 amide bonds. The summed E-state index contributed by atoms with van der Waals surface area (Å²) in [6.07, 6.45) is -2.33. The van der Waals surface area contributed by atoms with Crippen molar-refractivity contribution in [2.24, 2.45) is 11.8 Å². The minimum absolute atomic E-state index is 0.0986. The summed E-state index contributed by atoms with van der Waals surface area (Å²) in [5, 5.41) is 0. The molecule has 4 nitrogen and oxygen atoms in total. The fourth-order valence-electron chi connectivity index (χ4n) is 3.11. The Morgan fingerprint density at radius 1 is 1.26 bits per heavy atom. The molecule has 0 aliphatic carbocycles. The Hall–Kier alpha value is -0.370. The Morgan fingerprint density at radius 2 is 1.95 bits per heavy atom. The van der Waals surface area contributed by atoms with Gasteiger partial charge in [-0.3, -0.25) is 11.3 Å². The molecule has 0 aromatic carbocycles. The smallest absolute Gasteiger partial charge is 0.381 e. The van der Waals surface area contributed by atoms with Crippen molar-refractivity contribution in [3.63, 3.8) is 0 Å². The van der Waals surface area contributed by atoms with E-state index in [1.807, 2.05) is 0 Å². The van der Waals surface area contributed by atoms with Crippen LogP contribution in [0.3, 0.4) is 0 Å². The first-order valence-electron chi connectivity index (χ1n) is 6.69. The number of hydrogen-bond acceptors (Lipinski definition) is 4. The van der Waals surface area contributed by atoms with E-state index in [0.717, 1.165) is 12.8 Å². The second kappa shape index (κ2) is 5.95. The van der Waals surface area contributed by atoms with Gasteiger partial charge in [-0.05, 0) is 31.6 Å². The molecule has 0 bridgehead atoms. The number of halogens is 3. The van der Waals surface area contributed by atoms with E-state index in [2.05, 4.69) is 5.43 Å². The largest absolute Gasteiger partial charge is 0.390 e. The van der Waals surface area contributed by atoms with Gasteiger partial charge < -0.3 is 9.47 Å². The molecule has 0 aromatic rings. The molecule has 19 heavy (non-hydrogen) atoms. The number of alkyl halides is 3. The number of ether oxygens (including phenoxy) is 2. The molecular weight excluding hydrogens is 261 g/mol. The van der Waals surface area contributed by atoms with Crippen LogP contribution in [0.4, 0.5) is 13.2 Å². The summed E-state index contributed by atoms with van der Waals surface area (Å²) in [7, 11) is 0. The molecule has 3 N–H and O–H groups in total. The van der Waals surface area contributed by atoms with Crippen molar-refractivity contribution in [3.05, 3.63) is 0 Å². The van der Waals surface area contributed by atoms with Gasteiger partial charge in [0.25, 0.3) is 0 Å². The van der Waals surface area contributed by atoms with Crippen LogP contribution in [0.2, 0.25) is 0 Å². The van der Waals surface area contributed by atoms with Crippen LogP contribution in [0, 0.1) is 5.92 Å². The Kier molecular flexibility index (Phi) is 4.70. The quantitative estimate of drug-likeness (QED) is 0.611. The van der Waals surface area contributed by atoms with Crippen LogP contribution in [-0.4, -0.2) is 37.6 Å². The van der Waals surface area contributed by atoms with Crippen LogP contribution >= 0.6 is 0 Å². The number of hydrazine groups is 1. The SMILES string of the molecule is NNC(CC(F)(F)F)C1CCOC2(CCOCC2)C1. The first-order valence-corrected chi connectivity index (χ1v) is 6.69. The summed E-state index contributed by atoms with van der Waals surface area (Å²) in [6.45, 7) is 1.74. The van der Waals surface area contributed by atoms with Crippen LogP contribution in [-0.2, 0) is 9.47 Å². The van der Waals surface area contributed by atoms with E-state index in [9.17, 15) is 13.2 Å². The van der Waals surface area contributed by atoms with Gasteiger partial charge in [-0.15, -0.1) is 0 Å². The molecule has 0 saturated carbocycles. The van der Waals surface area contributed by atoms with Crippen molar-refractivity contribution in [2.75, 3.05) is 19.8 Å². The number of rotatable bonds is 3. The Labute approximate surface area is 110 Å². The third-order valence-corrected chi connectivity index (χ3v) is 4.17. The number of nitrogens with one attached hydrogen (secondary N) is 1. The van der Waals surface area contributed by atoms with E-state index in [-0.39, 0.29) is 11.5 Å². The standard InChI is InChI=1S/C12H21F3N2O2/c13-12(14,15)8-10(17-16)9-1-4-19-11(7-9)2-5-18-6-3-11/h9-10,17H,1-8,16H2. The van der Waals surface area contributed by atoms with E-state index >= 15 is 0 Å². The van der Waals surface area contributed by atoms with Crippen molar-refractivity contribution in [1.82, 2.24) is 5.43 Å². The van der Waals surface area contributed by atoms with Gasteiger partial charge in [0.1, 0.15) is 0 Å². The Morgan fingerprint density at radius 3 is 2.53 bits per heavy atom. The fraction of sp³-hybridized carbons (Fsp3) is 1.00. The Bertz CT molecular complexity index is 288.